The molecule has 0 aliphatic carbocycles. The molecule has 1 aromatic carbocycles. The normalized spacial score (nSPS) is 10.2. The number of nitrogens with one attached hydrogen (secondary N) is 1. The van der Waals surface area contributed by atoms with Crippen molar-refractivity contribution in [2.45, 2.75) is 13.5 Å². The van der Waals surface area contributed by atoms with E-state index in [1.165, 1.54) is 5.56 Å². The molecule has 0 bridgehead atoms. The molecule has 0 saturated heterocycles. The van der Waals surface area contributed by atoms with Gasteiger partial charge < -0.3 is 9.88 Å². The minimum atomic E-state index is -0.0335. The second-order valence-electron chi connectivity index (χ2n) is 4.17. The number of nitrogens with zero attached hydrogens (tertiary/aromatic N) is 1. The summed E-state index contributed by atoms with van der Waals surface area (Å²) in [6, 6.07) is 9.87. The summed E-state index contributed by atoms with van der Waals surface area (Å²) in [5.74, 6) is -0.0335. The van der Waals surface area contributed by atoms with Crippen LogP contribution in [-0.2, 0) is 13.6 Å². The number of hydrogen-bond acceptors (Lipinski definition) is 1. The molecule has 2 rings (SSSR count). The summed E-state index contributed by atoms with van der Waals surface area (Å²) in [4.78, 5) is 11.8. The van der Waals surface area contributed by atoms with E-state index < -0.39 is 0 Å². The SMILES string of the molecule is Cc1ccccc1CNC(=O)c1ccn(C)c1. The zero-order valence-corrected chi connectivity index (χ0v) is 10.1. The first kappa shape index (κ1) is 11.5. The highest BCUT2D eigenvalue weighted by molar-refractivity contribution is 5.93. The van der Waals surface area contributed by atoms with Gasteiger partial charge in [-0.1, -0.05) is 24.3 Å². The molecular weight excluding hydrogens is 212 g/mol. The summed E-state index contributed by atoms with van der Waals surface area (Å²) < 4.78 is 1.86. The Morgan fingerprint density at radius 2 is 2.06 bits per heavy atom. The Morgan fingerprint density at radius 3 is 2.71 bits per heavy atom. The van der Waals surface area contributed by atoms with Crippen molar-refractivity contribution in [3.63, 3.8) is 0 Å². The van der Waals surface area contributed by atoms with Crippen molar-refractivity contribution in [2.24, 2.45) is 7.05 Å². The molecule has 0 atom stereocenters. The van der Waals surface area contributed by atoms with Gasteiger partial charge in [-0.15, -0.1) is 0 Å². The van der Waals surface area contributed by atoms with Gasteiger partial charge in [0.25, 0.3) is 5.91 Å². The van der Waals surface area contributed by atoms with Crippen molar-refractivity contribution in [1.82, 2.24) is 9.88 Å². The van der Waals surface area contributed by atoms with Gasteiger partial charge in [-0.3, -0.25) is 4.79 Å². The first-order chi connectivity index (χ1) is 8.16. The molecule has 0 spiro atoms. The largest absolute Gasteiger partial charge is 0.356 e. The molecule has 3 heteroatoms. The molecule has 0 aliphatic heterocycles. The Balaban J connectivity index is 1.99. The molecule has 2 aromatic rings. The van der Waals surface area contributed by atoms with E-state index in [2.05, 4.69) is 5.32 Å². The van der Waals surface area contributed by atoms with Crippen molar-refractivity contribution >= 4 is 5.91 Å². The maximum Gasteiger partial charge on any atom is 0.253 e. The molecule has 1 amide bonds. The summed E-state index contributed by atoms with van der Waals surface area (Å²) in [6.45, 7) is 2.62. The Morgan fingerprint density at radius 1 is 1.29 bits per heavy atom. The quantitative estimate of drug-likeness (QED) is 0.859. The number of rotatable bonds is 3. The first-order valence-corrected chi connectivity index (χ1v) is 5.61. The van der Waals surface area contributed by atoms with Crippen LogP contribution in [0, 0.1) is 6.92 Å². The highest BCUT2D eigenvalue weighted by Crippen LogP contribution is 2.07. The number of carbonyl (C=O) groups excluding carboxylic acids is 1. The maximum absolute atomic E-state index is 11.8. The molecule has 1 N–H and O–H groups in total. The van der Waals surface area contributed by atoms with E-state index in [1.807, 2.05) is 61.3 Å². The lowest BCUT2D eigenvalue weighted by atomic mass is 10.1. The lowest BCUT2D eigenvalue weighted by Crippen LogP contribution is -2.22. The van der Waals surface area contributed by atoms with Crippen molar-refractivity contribution in [3.05, 3.63) is 59.4 Å². The number of hydrogen-bond donors (Lipinski definition) is 1. The minimum Gasteiger partial charge on any atom is -0.356 e. The lowest BCUT2D eigenvalue weighted by Gasteiger charge is -2.06. The van der Waals surface area contributed by atoms with E-state index in [0.29, 0.717) is 12.1 Å². The summed E-state index contributed by atoms with van der Waals surface area (Å²) in [7, 11) is 1.90. The minimum absolute atomic E-state index is 0.0335. The molecule has 88 valence electrons. The number of aromatic nitrogens is 1. The summed E-state index contributed by atoms with van der Waals surface area (Å²) in [5.41, 5.74) is 3.04. The zero-order valence-electron chi connectivity index (χ0n) is 10.1. The van der Waals surface area contributed by atoms with Gasteiger partial charge in [-0.25, -0.2) is 0 Å². The van der Waals surface area contributed by atoms with Crippen LogP contribution < -0.4 is 5.32 Å². The molecule has 0 aliphatic rings. The fourth-order valence-electron chi connectivity index (χ4n) is 1.72. The molecule has 0 fully saturated rings. The molecule has 3 nitrogen and oxygen atoms in total. The van der Waals surface area contributed by atoms with Crippen LogP contribution in [0.5, 0.6) is 0 Å². The van der Waals surface area contributed by atoms with E-state index in [4.69, 9.17) is 0 Å². The Bertz CT molecular complexity index is 529. The first-order valence-electron chi connectivity index (χ1n) is 5.61. The molecule has 0 radical (unpaired) electrons. The third kappa shape index (κ3) is 2.75. The summed E-state index contributed by atoms with van der Waals surface area (Å²) in [6.07, 6.45) is 3.68. The maximum atomic E-state index is 11.8. The highest BCUT2D eigenvalue weighted by Gasteiger charge is 2.06. The van der Waals surface area contributed by atoms with Crippen LogP contribution in [-0.4, -0.2) is 10.5 Å². The van der Waals surface area contributed by atoms with Gasteiger partial charge in [0.15, 0.2) is 0 Å². The van der Waals surface area contributed by atoms with Crippen molar-refractivity contribution < 1.29 is 4.79 Å². The topological polar surface area (TPSA) is 34.0 Å². The molecule has 17 heavy (non-hydrogen) atoms. The van der Waals surface area contributed by atoms with E-state index in [9.17, 15) is 4.79 Å². The number of carbonyl (C=O) groups is 1. The monoisotopic (exact) mass is 228 g/mol. The van der Waals surface area contributed by atoms with Gasteiger partial charge >= 0.3 is 0 Å². The van der Waals surface area contributed by atoms with Crippen LogP contribution in [0.15, 0.2) is 42.7 Å². The number of benzene rings is 1. The predicted octanol–water partition coefficient (Wildman–Crippen LogP) is 2.26. The molecular formula is C14H16N2O. The van der Waals surface area contributed by atoms with E-state index in [1.54, 1.807) is 0 Å². The Hall–Kier alpha value is -2.03. The van der Waals surface area contributed by atoms with Crippen LogP contribution in [0.4, 0.5) is 0 Å². The second kappa shape index (κ2) is 4.87. The van der Waals surface area contributed by atoms with Crippen molar-refractivity contribution in [3.8, 4) is 0 Å². The Kier molecular flexibility index (Phi) is 3.28. The van der Waals surface area contributed by atoms with Crippen LogP contribution in [0.1, 0.15) is 21.5 Å². The van der Waals surface area contributed by atoms with Crippen molar-refractivity contribution in [1.29, 1.82) is 0 Å². The molecule has 1 heterocycles. The van der Waals surface area contributed by atoms with Gasteiger partial charge in [0, 0.05) is 26.0 Å². The second-order valence-corrected chi connectivity index (χ2v) is 4.17. The number of aryl methyl sites for hydroxylation is 2. The molecule has 0 saturated carbocycles. The van der Waals surface area contributed by atoms with E-state index in [0.717, 1.165) is 5.56 Å². The average Bonchev–Trinajstić information content (AvgIpc) is 2.74. The highest BCUT2D eigenvalue weighted by atomic mass is 16.1. The van der Waals surface area contributed by atoms with Gasteiger partial charge in [0.05, 0.1) is 5.56 Å². The standard InChI is InChI=1S/C14H16N2O/c1-11-5-3-4-6-12(11)9-15-14(17)13-7-8-16(2)10-13/h3-8,10H,9H2,1-2H3,(H,15,17). The van der Waals surface area contributed by atoms with E-state index in [-0.39, 0.29) is 5.91 Å². The van der Waals surface area contributed by atoms with Crippen LogP contribution in [0.2, 0.25) is 0 Å². The smallest absolute Gasteiger partial charge is 0.253 e. The fraction of sp³-hybridized carbons (Fsp3) is 0.214. The molecule has 1 aromatic heterocycles. The molecule has 0 unspecified atom stereocenters. The van der Waals surface area contributed by atoms with Crippen LogP contribution in [0.3, 0.4) is 0 Å². The summed E-state index contributed by atoms with van der Waals surface area (Å²) in [5, 5.41) is 2.92. The van der Waals surface area contributed by atoms with Gasteiger partial charge in [0.2, 0.25) is 0 Å². The predicted molar refractivity (Wildman–Crippen MR) is 67.8 cm³/mol. The number of amides is 1. The third-order valence-electron chi connectivity index (χ3n) is 2.79. The van der Waals surface area contributed by atoms with Gasteiger partial charge in [-0.2, -0.15) is 0 Å². The zero-order chi connectivity index (χ0) is 12.3. The van der Waals surface area contributed by atoms with Crippen LogP contribution >= 0.6 is 0 Å². The van der Waals surface area contributed by atoms with Gasteiger partial charge in [0.1, 0.15) is 0 Å². The van der Waals surface area contributed by atoms with Gasteiger partial charge in [-0.05, 0) is 24.1 Å². The average molecular weight is 228 g/mol. The lowest BCUT2D eigenvalue weighted by molar-refractivity contribution is 0.0951. The third-order valence-corrected chi connectivity index (χ3v) is 2.79. The Labute approximate surface area is 101 Å². The van der Waals surface area contributed by atoms with Crippen molar-refractivity contribution in [2.75, 3.05) is 0 Å². The summed E-state index contributed by atoms with van der Waals surface area (Å²) >= 11 is 0. The fourth-order valence-corrected chi connectivity index (χ4v) is 1.72. The van der Waals surface area contributed by atoms with Crippen LogP contribution in [0.25, 0.3) is 0 Å². The van der Waals surface area contributed by atoms with E-state index >= 15 is 0 Å².